The van der Waals surface area contributed by atoms with Crippen molar-refractivity contribution >= 4 is 5.84 Å². The highest BCUT2D eigenvalue weighted by Gasteiger charge is 2.37. The van der Waals surface area contributed by atoms with E-state index in [1.54, 1.807) is 0 Å². The van der Waals surface area contributed by atoms with E-state index in [9.17, 15) is 0 Å². The first-order chi connectivity index (χ1) is 6.72. The van der Waals surface area contributed by atoms with Crippen LogP contribution in [0, 0.1) is 5.92 Å². The minimum absolute atomic E-state index is 0.0908. The fourth-order valence-electron chi connectivity index (χ4n) is 1.88. The zero-order valence-corrected chi connectivity index (χ0v) is 8.69. The van der Waals surface area contributed by atoms with Crippen LogP contribution in [0.25, 0.3) is 0 Å². The van der Waals surface area contributed by atoms with E-state index in [0.717, 1.165) is 12.5 Å². The summed E-state index contributed by atoms with van der Waals surface area (Å²) in [5.41, 5.74) is 5.64. The number of oxime groups is 1. The summed E-state index contributed by atoms with van der Waals surface area (Å²) in [6, 6.07) is 0.777. The first-order valence-corrected chi connectivity index (χ1v) is 5.45. The van der Waals surface area contributed by atoms with Gasteiger partial charge in [-0.3, -0.25) is 4.90 Å². The quantitative estimate of drug-likeness (QED) is 0.299. The van der Waals surface area contributed by atoms with Crippen molar-refractivity contribution in [2.75, 3.05) is 6.54 Å². The van der Waals surface area contributed by atoms with Crippen molar-refractivity contribution in [2.24, 2.45) is 16.8 Å². The molecule has 0 aromatic heterocycles. The van der Waals surface area contributed by atoms with E-state index in [4.69, 9.17) is 10.9 Å². The molecule has 1 atom stereocenters. The van der Waals surface area contributed by atoms with Crippen LogP contribution in [0.4, 0.5) is 0 Å². The van der Waals surface area contributed by atoms with Crippen molar-refractivity contribution in [3.8, 4) is 0 Å². The molecule has 4 nitrogen and oxygen atoms in total. The monoisotopic (exact) mass is 197 g/mol. The van der Waals surface area contributed by atoms with Crippen LogP contribution in [0.5, 0.6) is 0 Å². The summed E-state index contributed by atoms with van der Waals surface area (Å²) in [6.07, 6.45) is 5.25. The van der Waals surface area contributed by atoms with E-state index in [-0.39, 0.29) is 6.04 Å². The fourth-order valence-corrected chi connectivity index (χ4v) is 1.88. The Labute approximate surface area is 84.8 Å². The highest BCUT2D eigenvalue weighted by Crippen LogP contribution is 2.35. The molecule has 0 heterocycles. The van der Waals surface area contributed by atoms with Crippen molar-refractivity contribution < 1.29 is 5.21 Å². The lowest BCUT2D eigenvalue weighted by Crippen LogP contribution is -2.45. The van der Waals surface area contributed by atoms with Crippen molar-refractivity contribution in [1.29, 1.82) is 0 Å². The van der Waals surface area contributed by atoms with Crippen LogP contribution in [0.2, 0.25) is 0 Å². The normalized spacial score (nSPS) is 25.4. The SMILES string of the molecule is CC(C(N)=NO)N(CC1CC1)C1CC1. The van der Waals surface area contributed by atoms with Gasteiger partial charge in [0.25, 0.3) is 0 Å². The van der Waals surface area contributed by atoms with Gasteiger partial charge in [0, 0.05) is 12.6 Å². The minimum Gasteiger partial charge on any atom is -0.409 e. The van der Waals surface area contributed by atoms with Gasteiger partial charge in [-0.15, -0.1) is 0 Å². The van der Waals surface area contributed by atoms with E-state index in [1.165, 1.54) is 25.7 Å². The predicted molar refractivity (Wildman–Crippen MR) is 55.3 cm³/mol. The molecule has 1 unspecified atom stereocenters. The molecule has 0 spiro atoms. The smallest absolute Gasteiger partial charge is 0.156 e. The first-order valence-electron chi connectivity index (χ1n) is 5.45. The molecule has 14 heavy (non-hydrogen) atoms. The second kappa shape index (κ2) is 3.77. The molecule has 2 rings (SSSR count). The van der Waals surface area contributed by atoms with Crippen LogP contribution in [-0.2, 0) is 0 Å². The van der Waals surface area contributed by atoms with Crippen LogP contribution < -0.4 is 5.73 Å². The minimum atomic E-state index is 0.0908. The third-order valence-corrected chi connectivity index (χ3v) is 3.22. The summed E-state index contributed by atoms with van der Waals surface area (Å²) in [6.45, 7) is 3.15. The molecule has 0 radical (unpaired) electrons. The van der Waals surface area contributed by atoms with Crippen LogP contribution in [0.3, 0.4) is 0 Å². The van der Waals surface area contributed by atoms with Gasteiger partial charge in [-0.2, -0.15) is 0 Å². The number of nitrogens with zero attached hydrogens (tertiary/aromatic N) is 2. The van der Waals surface area contributed by atoms with Gasteiger partial charge in [0.05, 0.1) is 6.04 Å². The summed E-state index contributed by atoms with van der Waals surface area (Å²) in [4.78, 5) is 2.40. The van der Waals surface area contributed by atoms with E-state index < -0.39 is 0 Å². The Morgan fingerprint density at radius 2 is 2.14 bits per heavy atom. The van der Waals surface area contributed by atoms with Crippen molar-refractivity contribution in [2.45, 2.75) is 44.7 Å². The molecule has 3 N–H and O–H groups in total. The molecule has 0 aromatic rings. The molecule has 2 aliphatic rings. The molecular formula is C10H19N3O. The van der Waals surface area contributed by atoms with Crippen LogP contribution in [0.1, 0.15) is 32.6 Å². The van der Waals surface area contributed by atoms with Crippen molar-refractivity contribution in [1.82, 2.24) is 4.90 Å². The van der Waals surface area contributed by atoms with Gasteiger partial charge in [0.15, 0.2) is 5.84 Å². The Bertz CT molecular complexity index is 234. The lowest BCUT2D eigenvalue weighted by Gasteiger charge is -2.27. The molecule has 0 aliphatic heterocycles. The maximum Gasteiger partial charge on any atom is 0.156 e. The highest BCUT2D eigenvalue weighted by molar-refractivity contribution is 5.84. The topological polar surface area (TPSA) is 61.9 Å². The summed E-state index contributed by atoms with van der Waals surface area (Å²) >= 11 is 0. The van der Waals surface area contributed by atoms with E-state index in [2.05, 4.69) is 10.1 Å². The zero-order chi connectivity index (χ0) is 10.1. The summed E-state index contributed by atoms with van der Waals surface area (Å²) in [5.74, 6) is 1.21. The average molecular weight is 197 g/mol. The average Bonchev–Trinajstić information content (AvgIpc) is 3.02. The molecule has 2 saturated carbocycles. The summed E-state index contributed by atoms with van der Waals surface area (Å²) < 4.78 is 0. The molecule has 4 heteroatoms. The fraction of sp³-hybridized carbons (Fsp3) is 0.900. The molecular weight excluding hydrogens is 178 g/mol. The number of nitrogens with two attached hydrogens (primary N) is 1. The Morgan fingerprint density at radius 3 is 2.57 bits per heavy atom. The van der Waals surface area contributed by atoms with Gasteiger partial charge in [0.1, 0.15) is 0 Å². The zero-order valence-electron chi connectivity index (χ0n) is 8.69. The second-order valence-electron chi connectivity index (χ2n) is 4.57. The molecule has 0 amide bonds. The third-order valence-electron chi connectivity index (χ3n) is 3.22. The largest absolute Gasteiger partial charge is 0.409 e. The lowest BCUT2D eigenvalue weighted by molar-refractivity contribution is 0.224. The molecule has 0 bridgehead atoms. The number of amidine groups is 1. The van der Waals surface area contributed by atoms with E-state index in [1.807, 2.05) is 6.92 Å². The molecule has 2 fully saturated rings. The standard InChI is InChI=1S/C10H19N3O/c1-7(10(11)12-14)13(9-4-5-9)6-8-2-3-8/h7-9,14H,2-6H2,1H3,(H2,11,12). The van der Waals surface area contributed by atoms with Gasteiger partial charge >= 0.3 is 0 Å². The molecule has 80 valence electrons. The summed E-state index contributed by atoms with van der Waals surface area (Å²) in [7, 11) is 0. The van der Waals surface area contributed by atoms with Gasteiger partial charge < -0.3 is 10.9 Å². The number of rotatable bonds is 5. The first kappa shape index (κ1) is 9.77. The maximum absolute atomic E-state index is 8.64. The third kappa shape index (κ3) is 2.18. The Balaban J connectivity index is 1.93. The summed E-state index contributed by atoms with van der Waals surface area (Å²) in [5, 5.41) is 11.7. The highest BCUT2D eigenvalue weighted by atomic mass is 16.4. The predicted octanol–water partition coefficient (Wildman–Crippen LogP) is 0.996. The van der Waals surface area contributed by atoms with Crippen LogP contribution in [-0.4, -0.2) is 34.6 Å². The maximum atomic E-state index is 8.64. The van der Waals surface area contributed by atoms with Gasteiger partial charge in [-0.1, -0.05) is 5.16 Å². The van der Waals surface area contributed by atoms with Crippen LogP contribution >= 0.6 is 0 Å². The van der Waals surface area contributed by atoms with Crippen LogP contribution in [0.15, 0.2) is 5.16 Å². The Morgan fingerprint density at radius 1 is 1.50 bits per heavy atom. The Hall–Kier alpha value is -0.770. The second-order valence-corrected chi connectivity index (χ2v) is 4.57. The Kier molecular flexibility index (Phi) is 2.63. The molecule has 2 aliphatic carbocycles. The number of hydrogen-bond donors (Lipinski definition) is 2. The number of hydrogen-bond acceptors (Lipinski definition) is 3. The van der Waals surface area contributed by atoms with Gasteiger partial charge in [0.2, 0.25) is 0 Å². The molecule has 0 aromatic carbocycles. The lowest BCUT2D eigenvalue weighted by atomic mass is 10.2. The molecule has 0 saturated heterocycles. The van der Waals surface area contributed by atoms with Crippen molar-refractivity contribution in [3.63, 3.8) is 0 Å². The van der Waals surface area contributed by atoms with Crippen molar-refractivity contribution in [3.05, 3.63) is 0 Å². The van der Waals surface area contributed by atoms with E-state index in [0.29, 0.717) is 11.9 Å². The van der Waals surface area contributed by atoms with E-state index >= 15 is 0 Å². The van der Waals surface area contributed by atoms with Gasteiger partial charge in [-0.25, -0.2) is 0 Å². The van der Waals surface area contributed by atoms with Gasteiger partial charge in [-0.05, 0) is 38.5 Å².